The number of carbonyl (C=O) groups excluding carboxylic acids is 1. The fourth-order valence-corrected chi connectivity index (χ4v) is 4.07. The SMILES string of the molecule is CCOC(=O)C(NCc1cccs1)C1CCSC1. The molecule has 1 aromatic rings. The fraction of sp³-hybridized carbons (Fsp3) is 0.615. The van der Waals surface area contributed by atoms with Gasteiger partial charge in [0.2, 0.25) is 0 Å². The van der Waals surface area contributed by atoms with Gasteiger partial charge in [-0.05, 0) is 42.2 Å². The summed E-state index contributed by atoms with van der Waals surface area (Å²) in [5.74, 6) is 2.53. The molecule has 1 saturated heterocycles. The molecule has 1 aromatic heterocycles. The lowest BCUT2D eigenvalue weighted by atomic mass is 9.99. The Morgan fingerprint density at radius 3 is 3.17 bits per heavy atom. The molecule has 2 unspecified atom stereocenters. The summed E-state index contributed by atoms with van der Waals surface area (Å²) in [4.78, 5) is 13.3. The Balaban J connectivity index is 1.92. The summed E-state index contributed by atoms with van der Waals surface area (Å²) in [5.41, 5.74) is 0. The maximum absolute atomic E-state index is 12.0. The average Bonchev–Trinajstić information content (AvgIpc) is 3.01. The molecule has 0 aliphatic carbocycles. The van der Waals surface area contributed by atoms with Gasteiger partial charge in [-0.3, -0.25) is 10.1 Å². The van der Waals surface area contributed by atoms with Crippen LogP contribution in [0.3, 0.4) is 0 Å². The number of rotatable bonds is 6. The minimum Gasteiger partial charge on any atom is -0.465 e. The number of hydrogen-bond donors (Lipinski definition) is 1. The first-order valence-electron chi connectivity index (χ1n) is 6.31. The summed E-state index contributed by atoms with van der Waals surface area (Å²) in [5, 5.41) is 5.43. The molecule has 5 heteroatoms. The first-order valence-corrected chi connectivity index (χ1v) is 8.35. The third-order valence-corrected chi connectivity index (χ3v) is 5.12. The third kappa shape index (κ3) is 3.73. The van der Waals surface area contributed by atoms with Gasteiger partial charge in [-0.2, -0.15) is 11.8 Å². The van der Waals surface area contributed by atoms with E-state index in [4.69, 9.17) is 4.74 Å². The van der Waals surface area contributed by atoms with Gasteiger partial charge in [0.05, 0.1) is 6.61 Å². The van der Waals surface area contributed by atoms with Crippen molar-refractivity contribution < 1.29 is 9.53 Å². The van der Waals surface area contributed by atoms with Crippen molar-refractivity contribution >= 4 is 29.1 Å². The van der Waals surface area contributed by atoms with Gasteiger partial charge < -0.3 is 4.74 Å². The van der Waals surface area contributed by atoms with Crippen molar-refractivity contribution in [1.29, 1.82) is 0 Å². The molecule has 1 aliphatic rings. The van der Waals surface area contributed by atoms with Crippen molar-refractivity contribution in [3.63, 3.8) is 0 Å². The van der Waals surface area contributed by atoms with Crippen LogP contribution in [-0.4, -0.2) is 30.1 Å². The second-order valence-corrected chi connectivity index (χ2v) is 6.50. The lowest BCUT2D eigenvalue weighted by Crippen LogP contribution is -2.43. The summed E-state index contributed by atoms with van der Waals surface area (Å²) in [7, 11) is 0. The number of thioether (sulfide) groups is 1. The Morgan fingerprint density at radius 1 is 1.67 bits per heavy atom. The second kappa shape index (κ2) is 7.16. The summed E-state index contributed by atoms with van der Waals surface area (Å²) < 4.78 is 5.18. The lowest BCUT2D eigenvalue weighted by molar-refractivity contribution is -0.147. The van der Waals surface area contributed by atoms with Gasteiger partial charge in [-0.15, -0.1) is 11.3 Å². The Morgan fingerprint density at radius 2 is 2.56 bits per heavy atom. The summed E-state index contributed by atoms with van der Waals surface area (Å²) in [6.45, 7) is 3.07. The van der Waals surface area contributed by atoms with Crippen LogP contribution >= 0.6 is 23.1 Å². The zero-order valence-corrected chi connectivity index (χ0v) is 12.2. The summed E-state index contributed by atoms with van der Waals surface area (Å²) >= 11 is 3.64. The number of esters is 1. The molecule has 1 aliphatic heterocycles. The van der Waals surface area contributed by atoms with E-state index in [0.29, 0.717) is 12.5 Å². The highest BCUT2D eigenvalue weighted by Gasteiger charge is 2.31. The predicted molar refractivity (Wildman–Crippen MR) is 77.0 cm³/mol. The van der Waals surface area contributed by atoms with Crippen LogP contribution in [0.5, 0.6) is 0 Å². The Labute approximate surface area is 116 Å². The van der Waals surface area contributed by atoms with Crippen molar-refractivity contribution in [3.05, 3.63) is 22.4 Å². The van der Waals surface area contributed by atoms with Crippen LogP contribution in [0, 0.1) is 5.92 Å². The Hall–Kier alpha value is -0.520. The monoisotopic (exact) mass is 285 g/mol. The molecule has 1 N–H and O–H groups in total. The van der Waals surface area contributed by atoms with Crippen LogP contribution in [0.1, 0.15) is 18.2 Å². The maximum atomic E-state index is 12.0. The molecule has 2 rings (SSSR count). The smallest absolute Gasteiger partial charge is 0.323 e. The van der Waals surface area contributed by atoms with Gasteiger partial charge in [0.1, 0.15) is 6.04 Å². The second-order valence-electron chi connectivity index (χ2n) is 4.31. The molecule has 100 valence electrons. The molecule has 0 bridgehead atoms. The minimum absolute atomic E-state index is 0.0958. The number of carbonyl (C=O) groups is 1. The molecule has 3 nitrogen and oxygen atoms in total. The third-order valence-electron chi connectivity index (χ3n) is 3.05. The van der Waals surface area contributed by atoms with E-state index in [-0.39, 0.29) is 12.0 Å². The molecule has 0 radical (unpaired) electrons. The van der Waals surface area contributed by atoms with E-state index in [0.717, 1.165) is 24.5 Å². The van der Waals surface area contributed by atoms with E-state index in [2.05, 4.69) is 16.8 Å². The molecule has 18 heavy (non-hydrogen) atoms. The normalized spacial score (nSPS) is 20.8. The quantitative estimate of drug-likeness (QED) is 0.815. The maximum Gasteiger partial charge on any atom is 0.323 e. The number of nitrogens with one attached hydrogen (secondary N) is 1. The number of hydrogen-bond acceptors (Lipinski definition) is 5. The fourth-order valence-electron chi connectivity index (χ4n) is 2.11. The topological polar surface area (TPSA) is 38.3 Å². The van der Waals surface area contributed by atoms with Crippen LogP contribution in [0.2, 0.25) is 0 Å². The average molecular weight is 285 g/mol. The van der Waals surface area contributed by atoms with E-state index >= 15 is 0 Å². The first-order chi connectivity index (χ1) is 8.81. The van der Waals surface area contributed by atoms with Gasteiger partial charge >= 0.3 is 5.97 Å². The highest BCUT2D eigenvalue weighted by Crippen LogP contribution is 2.27. The van der Waals surface area contributed by atoms with Gasteiger partial charge in [0.25, 0.3) is 0 Å². The number of thiophene rings is 1. The molecule has 2 atom stereocenters. The minimum atomic E-state index is -0.151. The van der Waals surface area contributed by atoms with Crippen LogP contribution < -0.4 is 5.32 Å². The molecule has 0 aromatic carbocycles. The van der Waals surface area contributed by atoms with Crippen LogP contribution in [0.4, 0.5) is 0 Å². The summed E-state index contributed by atoms with van der Waals surface area (Å²) in [6.07, 6.45) is 1.10. The molecule has 1 fully saturated rings. The van der Waals surface area contributed by atoms with Crippen LogP contribution in [0.15, 0.2) is 17.5 Å². The zero-order chi connectivity index (χ0) is 12.8. The summed E-state index contributed by atoms with van der Waals surface area (Å²) in [6, 6.07) is 3.97. The van der Waals surface area contributed by atoms with E-state index in [1.165, 1.54) is 4.88 Å². The Kier molecular flexibility index (Phi) is 5.53. The van der Waals surface area contributed by atoms with Crippen molar-refractivity contribution in [1.82, 2.24) is 5.32 Å². The molecular weight excluding hydrogens is 266 g/mol. The largest absolute Gasteiger partial charge is 0.465 e. The number of ether oxygens (including phenoxy) is 1. The first kappa shape index (κ1) is 13.9. The Bertz CT molecular complexity index is 361. The van der Waals surface area contributed by atoms with E-state index < -0.39 is 0 Å². The van der Waals surface area contributed by atoms with Crippen molar-refractivity contribution in [2.24, 2.45) is 5.92 Å². The van der Waals surface area contributed by atoms with E-state index in [1.54, 1.807) is 11.3 Å². The van der Waals surface area contributed by atoms with Gasteiger partial charge in [-0.1, -0.05) is 6.07 Å². The highest BCUT2D eigenvalue weighted by atomic mass is 32.2. The van der Waals surface area contributed by atoms with Crippen LogP contribution in [0.25, 0.3) is 0 Å². The molecule has 0 amide bonds. The van der Waals surface area contributed by atoms with Crippen LogP contribution in [-0.2, 0) is 16.1 Å². The zero-order valence-electron chi connectivity index (χ0n) is 10.6. The molecule has 0 spiro atoms. The molecule has 2 heterocycles. The predicted octanol–water partition coefficient (Wildman–Crippen LogP) is 2.52. The standard InChI is InChI=1S/C13H19NO2S2/c1-2-16-13(15)12(10-5-7-17-9-10)14-8-11-4-3-6-18-11/h3-4,6,10,12,14H,2,5,7-9H2,1H3. The van der Waals surface area contributed by atoms with Gasteiger partial charge in [-0.25, -0.2) is 0 Å². The molecular formula is C13H19NO2S2. The van der Waals surface area contributed by atoms with Gasteiger partial charge in [0, 0.05) is 11.4 Å². The van der Waals surface area contributed by atoms with Gasteiger partial charge in [0.15, 0.2) is 0 Å². The lowest BCUT2D eigenvalue weighted by Gasteiger charge is -2.22. The van der Waals surface area contributed by atoms with Crippen molar-refractivity contribution in [3.8, 4) is 0 Å². The molecule has 0 saturated carbocycles. The highest BCUT2D eigenvalue weighted by molar-refractivity contribution is 7.99. The van der Waals surface area contributed by atoms with Crippen molar-refractivity contribution in [2.75, 3.05) is 18.1 Å². The van der Waals surface area contributed by atoms with E-state index in [1.807, 2.05) is 24.8 Å². The van der Waals surface area contributed by atoms with Crippen molar-refractivity contribution in [2.45, 2.75) is 25.9 Å². The van der Waals surface area contributed by atoms with E-state index in [9.17, 15) is 4.79 Å².